The Morgan fingerprint density at radius 1 is 1.20 bits per heavy atom. The molecule has 1 aromatic heterocycles. The van der Waals surface area contributed by atoms with E-state index < -0.39 is 5.97 Å². The molecule has 5 rings (SSSR count). The Labute approximate surface area is 174 Å². The number of rotatable bonds is 2. The van der Waals surface area contributed by atoms with Crippen LogP contribution in [0.5, 0.6) is 0 Å². The highest BCUT2D eigenvalue weighted by atomic mass is 16.4. The summed E-state index contributed by atoms with van der Waals surface area (Å²) in [4.78, 5) is 34.7. The first-order valence-corrected chi connectivity index (χ1v) is 10.3. The summed E-state index contributed by atoms with van der Waals surface area (Å²) >= 11 is 0. The van der Waals surface area contributed by atoms with Gasteiger partial charge in [-0.15, -0.1) is 0 Å². The molecule has 2 N–H and O–H groups in total. The van der Waals surface area contributed by atoms with Gasteiger partial charge >= 0.3 is 5.97 Å². The predicted molar refractivity (Wildman–Crippen MR) is 114 cm³/mol. The Morgan fingerprint density at radius 3 is 2.77 bits per heavy atom. The Morgan fingerprint density at radius 2 is 2.00 bits per heavy atom. The number of piperidine rings is 1. The first-order valence-electron chi connectivity index (χ1n) is 10.3. The molecule has 1 amide bonds. The van der Waals surface area contributed by atoms with Crippen LogP contribution in [0.25, 0.3) is 11.0 Å². The number of hydrogen-bond donors (Lipinski definition) is 2. The Hall–Kier alpha value is -3.15. The van der Waals surface area contributed by atoms with Crippen molar-refractivity contribution in [3.63, 3.8) is 0 Å². The highest BCUT2D eigenvalue weighted by Crippen LogP contribution is 2.56. The van der Waals surface area contributed by atoms with Gasteiger partial charge in [-0.25, -0.2) is 9.78 Å². The number of aromatic nitrogens is 2. The first kappa shape index (κ1) is 18.9. The molecule has 6 nitrogen and oxygen atoms in total. The van der Waals surface area contributed by atoms with E-state index in [1.54, 1.807) is 12.4 Å². The van der Waals surface area contributed by atoms with Crippen molar-refractivity contribution < 1.29 is 14.7 Å². The van der Waals surface area contributed by atoms with Crippen LogP contribution < -0.4 is 0 Å². The van der Waals surface area contributed by atoms with E-state index in [1.807, 2.05) is 29.2 Å². The van der Waals surface area contributed by atoms with Gasteiger partial charge in [0.25, 0.3) is 5.91 Å². The molecule has 1 aliphatic heterocycles. The summed E-state index contributed by atoms with van der Waals surface area (Å²) in [5, 5.41) is 9.76. The maximum absolute atomic E-state index is 13.6. The van der Waals surface area contributed by atoms with Crippen molar-refractivity contribution in [2.75, 3.05) is 6.54 Å². The predicted octanol–water partition coefficient (Wildman–Crippen LogP) is 4.02. The minimum atomic E-state index is -0.907. The number of H-pyrrole nitrogens is 1. The van der Waals surface area contributed by atoms with Gasteiger partial charge in [-0.05, 0) is 53.6 Å². The standard InChI is InChI=1S/C24H25N3O3/c1-23(2)20-12-16-15(22(29)30)5-4-6-17(16)24(23,3)9-10-27(20)21(28)14-7-8-18-19(11-14)26-13-25-18/h4-8,11,13,20H,9-10,12H2,1-3H3,(H,25,26)(H,29,30)/t20-,24+/m1/s1. The van der Waals surface area contributed by atoms with Gasteiger partial charge in [0.1, 0.15) is 0 Å². The van der Waals surface area contributed by atoms with Crippen LogP contribution in [0.3, 0.4) is 0 Å². The van der Waals surface area contributed by atoms with Gasteiger partial charge in [-0.3, -0.25) is 4.79 Å². The third-order valence-corrected chi connectivity index (χ3v) is 7.81. The summed E-state index contributed by atoms with van der Waals surface area (Å²) < 4.78 is 0. The second-order valence-electron chi connectivity index (χ2n) is 9.29. The maximum Gasteiger partial charge on any atom is 0.335 e. The third-order valence-electron chi connectivity index (χ3n) is 7.81. The average molecular weight is 403 g/mol. The molecule has 2 atom stereocenters. The molecule has 0 spiro atoms. The molecule has 2 bridgehead atoms. The van der Waals surface area contributed by atoms with Crippen LogP contribution >= 0.6 is 0 Å². The van der Waals surface area contributed by atoms with E-state index >= 15 is 0 Å². The van der Waals surface area contributed by atoms with Crippen molar-refractivity contribution in [3.05, 3.63) is 65.0 Å². The van der Waals surface area contributed by atoms with E-state index in [4.69, 9.17) is 0 Å². The van der Waals surface area contributed by atoms with E-state index in [0.29, 0.717) is 24.1 Å². The number of aromatic amines is 1. The number of hydrogen-bond acceptors (Lipinski definition) is 3. The number of amides is 1. The lowest BCUT2D eigenvalue weighted by atomic mass is 9.50. The fourth-order valence-corrected chi connectivity index (χ4v) is 5.62. The number of benzene rings is 2. The minimum Gasteiger partial charge on any atom is -0.478 e. The number of fused-ring (bicyclic) bond motifs is 5. The van der Waals surface area contributed by atoms with E-state index in [-0.39, 0.29) is 22.8 Å². The van der Waals surface area contributed by atoms with Crippen LogP contribution in [-0.2, 0) is 11.8 Å². The molecule has 2 aromatic carbocycles. The molecular formula is C24H25N3O3. The summed E-state index contributed by atoms with van der Waals surface area (Å²) in [6.45, 7) is 7.31. The topological polar surface area (TPSA) is 86.3 Å². The molecule has 2 aliphatic rings. The SMILES string of the molecule is CC1(C)[C@H]2Cc3c(C(=O)O)cccc3[C@]1(C)CCN2C(=O)c1ccc2nc[nH]c2c1. The summed E-state index contributed by atoms with van der Waals surface area (Å²) in [5.74, 6) is -0.918. The molecule has 0 saturated carbocycles. The molecule has 2 heterocycles. The maximum atomic E-state index is 13.6. The fourth-order valence-electron chi connectivity index (χ4n) is 5.62. The second-order valence-corrected chi connectivity index (χ2v) is 9.29. The van der Waals surface area contributed by atoms with Crippen molar-refractivity contribution in [2.24, 2.45) is 5.41 Å². The van der Waals surface area contributed by atoms with Crippen molar-refractivity contribution in [1.29, 1.82) is 0 Å². The molecule has 1 fully saturated rings. The van der Waals surface area contributed by atoms with Gasteiger partial charge in [0.2, 0.25) is 0 Å². The van der Waals surface area contributed by atoms with Crippen LogP contribution in [0.1, 0.15) is 59.0 Å². The lowest BCUT2D eigenvalue weighted by molar-refractivity contribution is -0.0263. The molecule has 1 saturated heterocycles. The van der Waals surface area contributed by atoms with Gasteiger partial charge in [0.15, 0.2) is 0 Å². The van der Waals surface area contributed by atoms with Crippen LogP contribution in [0.4, 0.5) is 0 Å². The quantitative estimate of drug-likeness (QED) is 0.677. The highest BCUT2D eigenvalue weighted by molar-refractivity contribution is 5.98. The monoisotopic (exact) mass is 403 g/mol. The largest absolute Gasteiger partial charge is 0.478 e. The Balaban J connectivity index is 1.60. The average Bonchev–Trinajstić information content (AvgIpc) is 3.17. The number of nitrogens with zero attached hydrogens (tertiary/aromatic N) is 2. The van der Waals surface area contributed by atoms with Gasteiger partial charge in [-0.2, -0.15) is 0 Å². The Kier molecular flexibility index (Phi) is 3.88. The van der Waals surface area contributed by atoms with Crippen LogP contribution in [0, 0.1) is 5.41 Å². The fraction of sp³-hybridized carbons (Fsp3) is 0.375. The molecule has 0 unspecified atom stereocenters. The smallest absolute Gasteiger partial charge is 0.335 e. The number of aromatic carboxylic acids is 1. The van der Waals surface area contributed by atoms with Crippen LogP contribution in [0.15, 0.2) is 42.7 Å². The zero-order valence-corrected chi connectivity index (χ0v) is 17.4. The van der Waals surface area contributed by atoms with Crippen molar-refractivity contribution >= 4 is 22.9 Å². The van der Waals surface area contributed by atoms with E-state index in [1.165, 1.54) is 0 Å². The van der Waals surface area contributed by atoms with Gasteiger partial charge < -0.3 is 15.0 Å². The third kappa shape index (κ3) is 2.39. The summed E-state index contributed by atoms with van der Waals surface area (Å²) in [6.07, 6.45) is 2.98. The molecule has 30 heavy (non-hydrogen) atoms. The number of imidazole rings is 1. The van der Waals surface area contributed by atoms with Crippen molar-refractivity contribution in [2.45, 2.75) is 45.1 Å². The highest BCUT2D eigenvalue weighted by Gasteiger charge is 2.57. The van der Waals surface area contributed by atoms with E-state index in [9.17, 15) is 14.7 Å². The zero-order valence-electron chi connectivity index (χ0n) is 17.4. The van der Waals surface area contributed by atoms with Crippen molar-refractivity contribution in [3.8, 4) is 0 Å². The Bertz CT molecular complexity index is 1200. The zero-order chi connectivity index (χ0) is 21.3. The van der Waals surface area contributed by atoms with Gasteiger partial charge in [-0.1, -0.05) is 32.9 Å². The summed E-state index contributed by atoms with van der Waals surface area (Å²) in [5.41, 5.74) is 4.26. The number of carboxylic acid groups (broad SMARTS) is 1. The number of nitrogens with one attached hydrogen (secondary N) is 1. The van der Waals surface area contributed by atoms with E-state index in [0.717, 1.165) is 28.6 Å². The molecule has 3 aromatic rings. The summed E-state index contributed by atoms with van der Waals surface area (Å²) in [7, 11) is 0. The number of carboxylic acids is 1. The summed E-state index contributed by atoms with van der Waals surface area (Å²) in [6, 6.07) is 11.1. The number of likely N-dealkylation sites (tertiary alicyclic amines) is 1. The second kappa shape index (κ2) is 6.17. The van der Waals surface area contributed by atoms with Gasteiger partial charge in [0, 0.05) is 23.6 Å². The minimum absolute atomic E-state index is 0.0112. The molecular weight excluding hydrogens is 378 g/mol. The first-order chi connectivity index (χ1) is 14.2. The van der Waals surface area contributed by atoms with Crippen LogP contribution in [-0.4, -0.2) is 44.4 Å². The normalized spacial score (nSPS) is 24.5. The molecule has 1 aliphatic carbocycles. The lowest BCUT2D eigenvalue weighted by Crippen LogP contribution is -2.65. The molecule has 154 valence electrons. The van der Waals surface area contributed by atoms with Crippen LogP contribution in [0.2, 0.25) is 0 Å². The molecule has 6 heteroatoms. The van der Waals surface area contributed by atoms with E-state index in [2.05, 4.69) is 36.8 Å². The van der Waals surface area contributed by atoms with Crippen molar-refractivity contribution in [1.82, 2.24) is 14.9 Å². The lowest BCUT2D eigenvalue weighted by Gasteiger charge is -2.61. The number of carbonyl (C=O) groups is 2. The number of carbonyl (C=O) groups excluding carboxylic acids is 1. The molecule has 0 radical (unpaired) electrons. The van der Waals surface area contributed by atoms with Gasteiger partial charge in [0.05, 0.1) is 22.9 Å².